The van der Waals surface area contributed by atoms with E-state index in [1.807, 2.05) is 18.2 Å². The highest BCUT2D eigenvalue weighted by Crippen LogP contribution is 2.25. The Hall–Kier alpha value is -2.04. The molecule has 0 aliphatic carbocycles. The predicted molar refractivity (Wildman–Crippen MR) is 111 cm³/mol. The van der Waals surface area contributed by atoms with E-state index in [4.69, 9.17) is 16.3 Å². The Labute approximate surface area is 181 Å². The quantitative estimate of drug-likeness (QED) is 0.356. The van der Waals surface area contributed by atoms with Crippen LogP contribution in [0.15, 0.2) is 48.8 Å². The van der Waals surface area contributed by atoms with Gasteiger partial charge in [0.2, 0.25) is 16.4 Å². The van der Waals surface area contributed by atoms with Gasteiger partial charge in [-0.2, -0.15) is 0 Å². The van der Waals surface area contributed by atoms with E-state index < -0.39 is 21.8 Å². The Morgan fingerprint density at radius 1 is 1.27 bits per heavy atom. The molecule has 8 nitrogen and oxygen atoms in total. The molecule has 0 radical (unpaired) electrons. The average Bonchev–Trinajstić information content (AvgIpc) is 2.77. The number of sulfonamides is 1. The van der Waals surface area contributed by atoms with Gasteiger partial charge in [0, 0.05) is 30.5 Å². The van der Waals surface area contributed by atoms with Crippen molar-refractivity contribution < 1.29 is 23.2 Å². The molecule has 1 aromatic carbocycles. The number of ether oxygens (including phenoxy) is 1. The van der Waals surface area contributed by atoms with E-state index in [-0.39, 0.29) is 12.5 Å². The molecule has 1 atom stereocenters. The van der Waals surface area contributed by atoms with Crippen LogP contribution in [0.25, 0.3) is 0 Å². The van der Waals surface area contributed by atoms with Crippen LogP contribution in [-0.2, 0) is 26.2 Å². The van der Waals surface area contributed by atoms with Gasteiger partial charge in [-0.15, -0.1) is 0 Å². The van der Waals surface area contributed by atoms with Crippen molar-refractivity contribution in [2.24, 2.45) is 0 Å². The molecule has 0 bridgehead atoms. The number of carbonyl (C=O) groups excluding carboxylic acids is 1. The van der Waals surface area contributed by atoms with Gasteiger partial charge in [-0.1, -0.05) is 35.9 Å². The highest BCUT2D eigenvalue weighted by molar-refractivity contribution is 7.89. The first kappa shape index (κ1) is 22.6. The zero-order valence-electron chi connectivity index (χ0n) is 16.3. The number of carbonyl (C=O) groups is 1. The van der Waals surface area contributed by atoms with Gasteiger partial charge in [-0.25, -0.2) is 17.8 Å². The second-order valence-corrected chi connectivity index (χ2v) is 9.49. The largest absolute Gasteiger partial charge is 0.373 e. The molecule has 1 aliphatic rings. The maximum absolute atomic E-state index is 12.9. The molecule has 10 heteroatoms. The molecule has 1 fully saturated rings. The summed E-state index contributed by atoms with van der Waals surface area (Å²) in [5.74, 6) is -0.431. The van der Waals surface area contributed by atoms with Crippen molar-refractivity contribution in [2.75, 3.05) is 18.8 Å². The second kappa shape index (κ2) is 10.3. The van der Waals surface area contributed by atoms with Crippen LogP contribution in [0, 0.1) is 0 Å². The van der Waals surface area contributed by atoms with Crippen molar-refractivity contribution in [2.45, 2.75) is 31.6 Å². The summed E-state index contributed by atoms with van der Waals surface area (Å²) < 4.78 is 33.1. The maximum atomic E-state index is 12.9. The summed E-state index contributed by atoms with van der Waals surface area (Å²) >= 11 is 6.14. The molecule has 1 N–H and O–H groups in total. The average molecular weight is 454 g/mol. The van der Waals surface area contributed by atoms with Gasteiger partial charge < -0.3 is 4.74 Å². The third kappa shape index (κ3) is 5.77. The van der Waals surface area contributed by atoms with Gasteiger partial charge in [0.25, 0.3) is 0 Å². The Bertz CT molecular complexity index is 936. The summed E-state index contributed by atoms with van der Waals surface area (Å²) in [4.78, 5) is 15.0. The molecule has 162 valence electrons. The monoisotopic (exact) mass is 453 g/mol. The van der Waals surface area contributed by atoms with Crippen LogP contribution in [0.5, 0.6) is 0 Å². The molecule has 0 saturated carbocycles. The van der Waals surface area contributed by atoms with Gasteiger partial charge in [0.05, 0.1) is 18.5 Å². The molecular weight excluding hydrogens is 430 g/mol. The van der Waals surface area contributed by atoms with E-state index in [0.717, 1.165) is 5.56 Å². The standard InChI is InChI=1S/C20H24ClN3O5S/c21-19-6-2-1-4-17(19)13-29-18-7-10-23(11-8-18)30(27,28)14-20(24(26)15-25)16-5-3-9-22-12-16/h1-6,9,12,15,18,20,26H,7-8,10-11,13-14H2. The predicted octanol–water partition coefficient (Wildman–Crippen LogP) is 2.63. The van der Waals surface area contributed by atoms with Gasteiger partial charge >= 0.3 is 0 Å². The summed E-state index contributed by atoms with van der Waals surface area (Å²) in [7, 11) is -3.71. The lowest BCUT2D eigenvalue weighted by molar-refractivity contribution is -0.159. The Morgan fingerprint density at radius 3 is 2.63 bits per heavy atom. The van der Waals surface area contributed by atoms with Crippen LogP contribution in [0.1, 0.15) is 30.0 Å². The van der Waals surface area contributed by atoms with Crippen molar-refractivity contribution in [1.29, 1.82) is 0 Å². The molecule has 1 aliphatic heterocycles. The summed E-state index contributed by atoms with van der Waals surface area (Å²) in [5, 5.41) is 10.9. The number of halogens is 1. The van der Waals surface area contributed by atoms with Gasteiger partial charge in [-0.3, -0.25) is 15.0 Å². The zero-order valence-corrected chi connectivity index (χ0v) is 17.9. The minimum absolute atomic E-state index is 0.0637. The first-order chi connectivity index (χ1) is 14.4. The van der Waals surface area contributed by atoms with E-state index >= 15 is 0 Å². The molecule has 1 aromatic heterocycles. The van der Waals surface area contributed by atoms with E-state index in [1.54, 1.807) is 18.2 Å². The zero-order chi connectivity index (χ0) is 21.6. The lowest BCUT2D eigenvalue weighted by Crippen LogP contribution is -2.44. The van der Waals surface area contributed by atoms with Gasteiger partial charge in [0.15, 0.2) is 0 Å². The third-order valence-corrected chi connectivity index (χ3v) is 7.35. The van der Waals surface area contributed by atoms with E-state index in [9.17, 15) is 18.4 Å². The Balaban J connectivity index is 1.58. The first-order valence-electron chi connectivity index (χ1n) is 9.56. The number of hydrogen-bond donors (Lipinski definition) is 1. The molecule has 2 heterocycles. The molecule has 30 heavy (non-hydrogen) atoms. The summed E-state index contributed by atoms with van der Waals surface area (Å²) in [6.07, 6.45) is 4.20. The lowest BCUT2D eigenvalue weighted by Gasteiger charge is -2.33. The van der Waals surface area contributed by atoms with Crippen LogP contribution in [-0.4, -0.2) is 59.3 Å². The van der Waals surface area contributed by atoms with Crippen LogP contribution in [0.2, 0.25) is 5.02 Å². The van der Waals surface area contributed by atoms with Crippen molar-refractivity contribution in [3.63, 3.8) is 0 Å². The topological polar surface area (TPSA) is 100 Å². The maximum Gasteiger partial charge on any atom is 0.233 e. The van der Waals surface area contributed by atoms with Crippen LogP contribution >= 0.6 is 11.6 Å². The highest BCUT2D eigenvalue weighted by atomic mass is 35.5. The van der Waals surface area contributed by atoms with Crippen molar-refractivity contribution in [3.8, 4) is 0 Å². The van der Waals surface area contributed by atoms with Crippen molar-refractivity contribution in [1.82, 2.24) is 14.4 Å². The fourth-order valence-electron chi connectivity index (χ4n) is 3.38. The number of rotatable bonds is 9. The first-order valence-corrected chi connectivity index (χ1v) is 11.5. The number of nitrogens with zero attached hydrogens (tertiary/aromatic N) is 3. The minimum Gasteiger partial charge on any atom is -0.373 e. The second-order valence-electron chi connectivity index (χ2n) is 7.07. The fourth-order valence-corrected chi connectivity index (χ4v) is 5.29. The molecule has 3 rings (SSSR count). The number of amides is 1. The fraction of sp³-hybridized carbons (Fsp3) is 0.400. The Morgan fingerprint density at radius 2 is 2.00 bits per heavy atom. The smallest absolute Gasteiger partial charge is 0.233 e. The van der Waals surface area contributed by atoms with Crippen molar-refractivity contribution in [3.05, 3.63) is 64.9 Å². The molecule has 2 aromatic rings. The minimum atomic E-state index is -3.71. The number of hydrogen-bond acceptors (Lipinski definition) is 6. The molecule has 0 spiro atoms. The number of hydroxylamine groups is 2. The van der Waals surface area contributed by atoms with Crippen LogP contribution < -0.4 is 0 Å². The highest BCUT2D eigenvalue weighted by Gasteiger charge is 2.33. The molecule has 1 saturated heterocycles. The number of piperidine rings is 1. The van der Waals surface area contributed by atoms with E-state index in [0.29, 0.717) is 48.2 Å². The third-order valence-electron chi connectivity index (χ3n) is 5.09. The van der Waals surface area contributed by atoms with E-state index in [2.05, 4.69) is 4.98 Å². The lowest BCUT2D eigenvalue weighted by atomic mass is 10.1. The summed E-state index contributed by atoms with van der Waals surface area (Å²) in [6, 6.07) is 9.65. The Kier molecular flexibility index (Phi) is 7.79. The molecule has 1 unspecified atom stereocenters. The summed E-state index contributed by atoms with van der Waals surface area (Å²) in [6.45, 7) is 0.989. The van der Waals surface area contributed by atoms with Crippen LogP contribution in [0.4, 0.5) is 0 Å². The van der Waals surface area contributed by atoms with Crippen LogP contribution in [0.3, 0.4) is 0 Å². The van der Waals surface area contributed by atoms with E-state index in [1.165, 1.54) is 16.7 Å². The number of benzene rings is 1. The SMILES string of the molecule is O=CN(O)C(CS(=O)(=O)N1CCC(OCc2ccccc2Cl)CC1)c1cccnc1. The molecular formula is C20H24ClN3O5S. The summed E-state index contributed by atoms with van der Waals surface area (Å²) in [5.41, 5.74) is 1.33. The van der Waals surface area contributed by atoms with Gasteiger partial charge in [-0.05, 0) is 36.1 Å². The normalized spacial score (nSPS) is 16.9. The molecule has 1 amide bonds. The van der Waals surface area contributed by atoms with Gasteiger partial charge in [0.1, 0.15) is 6.04 Å². The van der Waals surface area contributed by atoms with Crippen molar-refractivity contribution >= 4 is 28.0 Å². The number of aromatic nitrogens is 1. The number of pyridine rings is 1.